The molecule has 1 unspecified atom stereocenters. The van der Waals surface area contributed by atoms with Gasteiger partial charge >= 0.3 is 0 Å². The maximum absolute atomic E-state index is 9.38. The van der Waals surface area contributed by atoms with E-state index in [9.17, 15) is 10.5 Å². The van der Waals surface area contributed by atoms with E-state index in [1.165, 1.54) is 35.2 Å². The summed E-state index contributed by atoms with van der Waals surface area (Å²) in [6.45, 7) is 2.16. The van der Waals surface area contributed by atoms with Crippen molar-refractivity contribution in [2.75, 3.05) is 19.3 Å². The predicted octanol–water partition coefficient (Wildman–Crippen LogP) is 3.83. The Morgan fingerprint density at radius 3 is 2.43 bits per heavy atom. The molecule has 1 heterocycles. The van der Waals surface area contributed by atoms with Gasteiger partial charge in [0.25, 0.3) is 0 Å². The average Bonchev–Trinajstić information content (AvgIpc) is 3.13. The third-order valence-electron chi connectivity index (χ3n) is 4.84. The first-order valence-corrected chi connectivity index (χ1v) is 9.47. The minimum Gasteiger partial charge on any atom is -0.371 e. The number of nitriles is 2. The maximum atomic E-state index is 9.38. The quantitative estimate of drug-likeness (QED) is 0.845. The molecule has 1 atom stereocenters. The molecular formula is C19H21N3S. The molecule has 0 N–H and O–H groups in total. The zero-order chi connectivity index (χ0) is 16.2. The summed E-state index contributed by atoms with van der Waals surface area (Å²) in [5.74, 6) is -0.581. The number of fused-ring (bicyclic) bond motifs is 1. The van der Waals surface area contributed by atoms with Crippen molar-refractivity contribution >= 4 is 17.5 Å². The molecular weight excluding hydrogens is 302 g/mol. The number of hydrogen-bond acceptors (Lipinski definition) is 4. The molecule has 3 nitrogen and oxygen atoms in total. The molecule has 0 radical (unpaired) electrons. The summed E-state index contributed by atoms with van der Waals surface area (Å²) in [4.78, 5) is 2.47. The zero-order valence-corrected chi connectivity index (χ0v) is 14.3. The highest BCUT2D eigenvalue weighted by atomic mass is 32.2. The minimum absolute atomic E-state index is 0.0334. The van der Waals surface area contributed by atoms with Crippen LogP contribution in [0.4, 0.5) is 0 Å². The number of likely N-dealkylation sites (tertiary alicyclic amines) is 1. The highest BCUT2D eigenvalue weighted by Gasteiger charge is 2.32. The van der Waals surface area contributed by atoms with Crippen molar-refractivity contribution in [3.05, 3.63) is 41.0 Å². The van der Waals surface area contributed by atoms with Gasteiger partial charge in [-0.25, -0.2) is 0 Å². The normalized spacial score (nSPS) is 18.5. The standard InChI is InChI=1S/C19H21N3S/c1-23-19(15(12-20)13-21)17-9-8-14-6-2-3-7-16(14)18(17)22-10-4-5-11-22/h2-3,6-7,15,19H,4-5,8-11H2,1H3. The molecule has 0 amide bonds. The highest BCUT2D eigenvalue weighted by molar-refractivity contribution is 7.99. The minimum atomic E-state index is -0.581. The van der Waals surface area contributed by atoms with Crippen LogP contribution in [0.5, 0.6) is 0 Å². The first-order valence-electron chi connectivity index (χ1n) is 8.18. The Labute approximate surface area is 142 Å². The van der Waals surface area contributed by atoms with E-state index in [-0.39, 0.29) is 5.25 Å². The molecule has 4 heteroatoms. The van der Waals surface area contributed by atoms with Crippen LogP contribution >= 0.6 is 11.8 Å². The molecule has 0 spiro atoms. The number of aryl methyl sites for hydroxylation is 1. The number of thioether (sulfide) groups is 1. The number of nitrogens with zero attached hydrogens (tertiary/aromatic N) is 3. The predicted molar refractivity (Wildman–Crippen MR) is 94.5 cm³/mol. The molecule has 0 saturated carbocycles. The van der Waals surface area contributed by atoms with Crippen LogP contribution in [0.2, 0.25) is 0 Å². The van der Waals surface area contributed by atoms with E-state index in [2.05, 4.69) is 41.3 Å². The summed E-state index contributed by atoms with van der Waals surface area (Å²) in [6, 6.07) is 13.0. The van der Waals surface area contributed by atoms with Crippen LogP contribution in [-0.2, 0) is 6.42 Å². The number of rotatable bonds is 4. The molecule has 3 rings (SSSR count). The monoisotopic (exact) mass is 323 g/mol. The third-order valence-corrected chi connectivity index (χ3v) is 5.91. The SMILES string of the molecule is CSC(C1=C(N2CCCC2)c2ccccc2CC1)C(C#N)C#N. The van der Waals surface area contributed by atoms with E-state index < -0.39 is 5.92 Å². The van der Waals surface area contributed by atoms with Crippen LogP contribution in [0.3, 0.4) is 0 Å². The fourth-order valence-corrected chi connectivity index (χ4v) is 4.67. The van der Waals surface area contributed by atoms with Gasteiger partial charge < -0.3 is 4.90 Å². The van der Waals surface area contributed by atoms with E-state index in [0.717, 1.165) is 25.9 Å². The largest absolute Gasteiger partial charge is 0.371 e. The van der Waals surface area contributed by atoms with Crippen LogP contribution in [0, 0.1) is 28.6 Å². The van der Waals surface area contributed by atoms with E-state index in [0.29, 0.717) is 0 Å². The summed E-state index contributed by atoms with van der Waals surface area (Å²) >= 11 is 1.64. The van der Waals surface area contributed by atoms with Gasteiger partial charge in [-0.3, -0.25) is 0 Å². The lowest BCUT2D eigenvalue weighted by Gasteiger charge is -2.34. The molecule has 1 aromatic carbocycles. The Morgan fingerprint density at radius 2 is 1.78 bits per heavy atom. The Balaban J connectivity index is 2.13. The van der Waals surface area contributed by atoms with Crippen molar-refractivity contribution in [2.24, 2.45) is 5.92 Å². The number of benzene rings is 1. The second kappa shape index (κ2) is 7.11. The molecule has 118 valence electrons. The third kappa shape index (κ3) is 2.96. The Hall–Kier alpha value is -1.91. The van der Waals surface area contributed by atoms with E-state index in [4.69, 9.17) is 0 Å². The molecule has 0 bridgehead atoms. The van der Waals surface area contributed by atoms with Crippen LogP contribution in [0.25, 0.3) is 5.70 Å². The summed E-state index contributed by atoms with van der Waals surface area (Å²) in [6.07, 6.45) is 6.42. The van der Waals surface area contributed by atoms with E-state index in [1.54, 1.807) is 11.8 Å². The molecule has 1 aromatic rings. The molecule has 23 heavy (non-hydrogen) atoms. The lowest BCUT2D eigenvalue weighted by Crippen LogP contribution is -2.28. The van der Waals surface area contributed by atoms with Crippen molar-refractivity contribution in [3.8, 4) is 12.1 Å². The maximum Gasteiger partial charge on any atom is 0.148 e. The van der Waals surface area contributed by atoms with Crippen LogP contribution < -0.4 is 0 Å². The summed E-state index contributed by atoms with van der Waals surface area (Å²) in [5.41, 5.74) is 5.30. The Kier molecular flexibility index (Phi) is 4.94. The van der Waals surface area contributed by atoms with Crippen molar-refractivity contribution in [2.45, 2.75) is 30.9 Å². The first kappa shape index (κ1) is 16.0. The zero-order valence-electron chi connectivity index (χ0n) is 13.5. The van der Waals surface area contributed by atoms with Crippen molar-refractivity contribution in [1.29, 1.82) is 10.5 Å². The van der Waals surface area contributed by atoms with Crippen LogP contribution in [0.15, 0.2) is 29.8 Å². The van der Waals surface area contributed by atoms with Crippen LogP contribution in [0.1, 0.15) is 30.4 Å². The lowest BCUT2D eigenvalue weighted by molar-refractivity contribution is 0.482. The second-order valence-electron chi connectivity index (χ2n) is 6.12. The Bertz CT molecular complexity index is 675. The van der Waals surface area contributed by atoms with E-state index in [1.807, 2.05) is 6.26 Å². The number of hydrogen-bond donors (Lipinski definition) is 0. The van der Waals surface area contributed by atoms with Gasteiger partial charge in [-0.05, 0) is 43.1 Å². The molecule has 1 aliphatic heterocycles. The molecule has 0 aromatic heterocycles. The first-order chi connectivity index (χ1) is 11.3. The van der Waals surface area contributed by atoms with Gasteiger partial charge in [-0.15, -0.1) is 0 Å². The van der Waals surface area contributed by atoms with Crippen molar-refractivity contribution in [3.63, 3.8) is 0 Å². The lowest BCUT2D eigenvalue weighted by atomic mass is 9.84. The second-order valence-corrected chi connectivity index (χ2v) is 7.10. The molecule has 1 fully saturated rings. The average molecular weight is 323 g/mol. The summed E-state index contributed by atoms with van der Waals surface area (Å²) in [7, 11) is 0. The molecule has 2 aliphatic rings. The summed E-state index contributed by atoms with van der Waals surface area (Å²) < 4.78 is 0. The van der Waals surface area contributed by atoms with Gasteiger partial charge in [-0.2, -0.15) is 22.3 Å². The summed E-state index contributed by atoms with van der Waals surface area (Å²) in [5, 5.41) is 18.7. The van der Waals surface area contributed by atoms with Crippen LogP contribution in [-0.4, -0.2) is 29.5 Å². The van der Waals surface area contributed by atoms with Gasteiger partial charge in [0.15, 0.2) is 0 Å². The smallest absolute Gasteiger partial charge is 0.148 e. The van der Waals surface area contributed by atoms with Crippen molar-refractivity contribution in [1.82, 2.24) is 4.90 Å². The van der Waals surface area contributed by atoms with Gasteiger partial charge in [-0.1, -0.05) is 24.3 Å². The van der Waals surface area contributed by atoms with Gasteiger partial charge in [0.2, 0.25) is 0 Å². The Morgan fingerprint density at radius 1 is 1.09 bits per heavy atom. The fourth-order valence-electron chi connectivity index (χ4n) is 3.77. The van der Waals surface area contributed by atoms with Crippen molar-refractivity contribution < 1.29 is 0 Å². The molecule has 1 saturated heterocycles. The van der Waals surface area contributed by atoms with E-state index >= 15 is 0 Å². The van der Waals surface area contributed by atoms with Gasteiger partial charge in [0, 0.05) is 24.4 Å². The topological polar surface area (TPSA) is 50.8 Å². The molecule has 1 aliphatic carbocycles. The fraction of sp³-hybridized carbons (Fsp3) is 0.474. The highest BCUT2D eigenvalue weighted by Crippen LogP contribution is 2.41. The van der Waals surface area contributed by atoms with Gasteiger partial charge in [0.05, 0.1) is 17.4 Å². The van der Waals surface area contributed by atoms with Gasteiger partial charge in [0.1, 0.15) is 5.92 Å².